The number of hydrogen-bond acceptors (Lipinski definition) is 4. The molecule has 2 heterocycles. The van der Waals surface area contributed by atoms with Gasteiger partial charge in [-0.3, -0.25) is 9.48 Å². The summed E-state index contributed by atoms with van der Waals surface area (Å²) in [6.45, 7) is 8.23. The number of likely N-dealkylation sites (N-methyl/N-ethyl adjacent to an activating group) is 1. The van der Waals surface area contributed by atoms with Gasteiger partial charge in [-0.25, -0.2) is 0 Å². The minimum Gasteiger partial charge on any atom is -0.370 e. The summed E-state index contributed by atoms with van der Waals surface area (Å²) >= 11 is 0. The van der Waals surface area contributed by atoms with Gasteiger partial charge < -0.3 is 15.5 Å². The summed E-state index contributed by atoms with van der Waals surface area (Å²) < 4.78 is 1.83. The number of rotatable bonds is 7. The zero-order valence-corrected chi connectivity index (χ0v) is 15.7. The molecule has 0 atom stereocenters. The molecule has 0 spiro atoms. The van der Waals surface area contributed by atoms with Gasteiger partial charge in [0.1, 0.15) is 5.54 Å². The van der Waals surface area contributed by atoms with Gasteiger partial charge in [0.25, 0.3) is 0 Å². The molecule has 2 aromatic rings. The van der Waals surface area contributed by atoms with E-state index in [1.807, 2.05) is 16.9 Å². The molecule has 3 rings (SSSR count). The summed E-state index contributed by atoms with van der Waals surface area (Å²) in [5.41, 5.74) is 1.87. The molecule has 6 heteroatoms. The fourth-order valence-electron chi connectivity index (χ4n) is 3.69. The van der Waals surface area contributed by atoms with Crippen LogP contribution in [0.4, 0.5) is 5.69 Å². The van der Waals surface area contributed by atoms with Crippen LogP contribution in [0.15, 0.2) is 42.7 Å². The molecule has 1 amide bonds. The van der Waals surface area contributed by atoms with E-state index in [1.54, 1.807) is 6.20 Å². The molecule has 6 nitrogen and oxygen atoms in total. The van der Waals surface area contributed by atoms with Crippen LogP contribution in [0.5, 0.6) is 0 Å². The summed E-state index contributed by atoms with van der Waals surface area (Å²) in [6, 6.07) is 10.4. The summed E-state index contributed by atoms with van der Waals surface area (Å²) in [4.78, 5) is 15.3. The number of hydrogen-bond donors (Lipinski definition) is 2. The minimum absolute atomic E-state index is 0.0722. The smallest absolute Gasteiger partial charge is 0.248 e. The van der Waals surface area contributed by atoms with Gasteiger partial charge in [0.15, 0.2) is 0 Å². The maximum atomic E-state index is 13.1. The van der Waals surface area contributed by atoms with Crippen molar-refractivity contribution in [2.75, 3.05) is 37.6 Å². The molecule has 1 aromatic heterocycles. The van der Waals surface area contributed by atoms with E-state index < -0.39 is 5.54 Å². The topological polar surface area (TPSA) is 62.2 Å². The van der Waals surface area contributed by atoms with E-state index in [4.69, 9.17) is 0 Å². The molecule has 0 saturated carbocycles. The SMILES string of the molecule is CCN(CCNC(=O)C1(n2cccn2)CCNCC1)c1cccc(C)c1. The van der Waals surface area contributed by atoms with Gasteiger partial charge in [-0.2, -0.15) is 5.10 Å². The van der Waals surface area contributed by atoms with E-state index in [-0.39, 0.29) is 5.91 Å². The highest BCUT2D eigenvalue weighted by Gasteiger charge is 2.41. The van der Waals surface area contributed by atoms with Crippen LogP contribution in [0, 0.1) is 6.92 Å². The average Bonchev–Trinajstić information content (AvgIpc) is 3.21. The molecule has 1 aliphatic heterocycles. The molecule has 1 aromatic carbocycles. The second-order valence-electron chi connectivity index (χ2n) is 6.91. The molecule has 0 aliphatic carbocycles. The van der Waals surface area contributed by atoms with E-state index in [1.165, 1.54) is 11.3 Å². The first-order valence-corrected chi connectivity index (χ1v) is 9.46. The Balaban J connectivity index is 1.63. The highest BCUT2D eigenvalue weighted by atomic mass is 16.2. The van der Waals surface area contributed by atoms with Crippen LogP contribution in [-0.2, 0) is 10.3 Å². The number of piperidine rings is 1. The number of anilines is 1. The van der Waals surface area contributed by atoms with Crippen molar-refractivity contribution in [1.82, 2.24) is 20.4 Å². The van der Waals surface area contributed by atoms with Crippen LogP contribution in [-0.4, -0.2) is 48.4 Å². The second-order valence-corrected chi connectivity index (χ2v) is 6.91. The third kappa shape index (κ3) is 3.90. The number of amides is 1. The predicted molar refractivity (Wildman–Crippen MR) is 104 cm³/mol. The Labute approximate surface area is 155 Å². The van der Waals surface area contributed by atoms with Crippen molar-refractivity contribution in [3.8, 4) is 0 Å². The van der Waals surface area contributed by atoms with Gasteiger partial charge in [-0.05, 0) is 63.5 Å². The molecule has 0 bridgehead atoms. The van der Waals surface area contributed by atoms with Gasteiger partial charge in [0.05, 0.1) is 0 Å². The van der Waals surface area contributed by atoms with Crippen molar-refractivity contribution in [3.63, 3.8) is 0 Å². The average molecular weight is 355 g/mol. The standard InChI is InChI=1S/C20H29N5O/c1-3-24(18-7-4-6-17(2)16-18)15-13-22-19(26)20(8-11-21-12-9-20)25-14-5-10-23-25/h4-7,10,14,16,21H,3,8-9,11-13,15H2,1-2H3,(H,22,26). The highest BCUT2D eigenvalue weighted by Crippen LogP contribution is 2.27. The van der Waals surface area contributed by atoms with Crippen LogP contribution in [0.25, 0.3) is 0 Å². The van der Waals surface area contributed by atoms with Gasteiger partial charge in [-0.1, -0.05) is 12.1 Å². The van der Waals surface area contributed by atoms with Crippen LogP contribution in [0.1, 0.15) is 25.3 Å². The van der Waals surface area contributed by atoms with Crippen molar-refractivity contribution >= 4 is 11.6 Å². The van der Waals surface area contributed by atoms with Crippen LogP contribution >= 0.6 is 0 Å². The maximum absolute atomic E-state index is 13.1. The number of carbonyl (C=O) groups excluding carboxylic acids is 1. The lowest BCUT2D eigenvalue weighted by molar-refractivity contribution is -0.131. The molecule has 0 radical (unpaired) electrons. The third-order valence-electron chi connectivity index (χ3n) is 5.21. The van der Waals surface area contributed by atoms with Crippen LogP contribution in [0.3, 0.4) is 0 Å². The number of aromatic nitrogens is 2. The molecule has 0 unspecified atom stereocenters. The summed E-state index contributed by atoms with van der Waals surface area (Å²) in [6.07, 6.45) is 5.16. The second kappa shape index (κ2) is 8.36. The first kappa shape index (κ1) is 18.5. The number of carbonyl (C=O) groups is 1. The summed E-state index contributed by atoms with van der Waals surface area (Å²) in [7, 11) is 0. The predicted octanol–water partition coefficient (Wildman–Crippen LogP) is 1.91. The molecular weight excluding hydrogens is 326 g/mol. The zero-order valence-electron chi connectivity index (χ0n) is 15.7. The molecule has 1 fully saturated rings. The Morgan fingerprint density at radius 1 is 1.35 bits per heavy atom. The summed E-state index contributed by atoms with van der Waals surface area (Å²) in [5.74, 6) is 0.0722. The van der Waals surface area contributed by atoms with E-state index in [9.17, 15) is 4.79 Å². The molecule has 26 heavy (non-hydrogen) atoms. The fourth-order valence-corrected chi connectivity index (χ4v) is 3.69. The van der Waals surface area contributed by atoms with Crippen molar-refractivity contribution in [2.45, 2.75) is 32.2 Å². The van der Waals surface area contributed by atoms with E-state index in [0.29, 0.717) is 6.54 Å². The molecule has 1 aliphatic rings. The van der Waals surface area contributed by atoms with Crippen LogP contribution < -0.4 is 15.5 Å². The first-order valence-electron chi connectivity index (χ1n) is 9.46. The Morgan fingerprint density at radius 3 is 2.81 bits per heavy atom. The number of benzene rings is 1. The van der Waals surface area contributed by atoms with E-state index in [2.05, 4.69) is 58.7 Å². The Bertz CT molecular complexity index is 707. The van der Waals surface area contributed by atoms with Crippen molar-refractivity contribution in [2.24, 2.45) is 0 Å². The first-order chi connectivity index (χ1) is 12.7. The lowest BCUT2D eigenvalue weighted by atomic mass is 9.87. The summed E-state index contributed by atoms with van der Waals surface area (Å²) in [5, 5.41) is 10.9. The zero-order chi connectivity index (χ0) is 18.4. The van der Waals surface area contributed by atoms with Crippen LogP contribution in [0.2, 0.25) is 0 Å². The van der Waals surface area contributed by atoms with E-state index in [0.717, 1.165) is 39.0 Å². The quantitative estimate of drug-likeness (QED) is 0.796. The van der Waals surface area contributed by atoms with Gasteiger partial charge in [0, 0.05) is 37.7 Å². The van der Waals surface area contributed by atoms with E-state index >= 15 is 0 Å². The lowest BCUT2D eigenvalue weighted by Crippen LogP contribution is -2.55. The Morgan fingerprint density at radius 2 is 2.15 bits per heavy atom. The van der Waals surface area contributed by atoms with Gasteiger partial charge in [-0.15, -0.1) is 0 Å². The highest BCUT2D eigenvalue weighted by molar-refractivity contribution is 5.84. The normalized spacial score (nSPS) is 16.2. The largest absolute Gasteiger partial charge is 0.370 e. The number of aryl methyl sites for hydroxylation is 1. The Hall–Kier alpha value is -2.34. The van der Waals surface area contributed by atoms with Gasteiger partial charge >= 0.3 is 0 Å². The molecular formula is C20H29N5O. The molecule has 1 saturated heterocycles. The van der Waals surface area contributed by atoms with Crippen molar-refractivity contribution in [1.29, 1.82) is 0 Å². The van der Waals surface area contributed by atoms with Crippen molar-refractivity contribution < 1.29 is 4.79 Å². The number of nitrogens with one attached hydrogen (secondary N) is 2. The molecule has 140 valence electrons. The number of nitrogens with zero attached hydrogens (tertiary/aromatic N) is 3. The Kier molecular flexibility index (Phi) is 5.93. The lowest BCUT2D eigenvalue weighted by Gasteiger charge is -2.36. The fraction of sp³-hybridized carbons (Fsp3) is 0.500. The third-order valence-corrected chi connectivity index (χ3v) is 5.21. The maximum Gasteiger partial charge on any atom is 0.248 e. The molecule has 2 N–H and O–H groups in total. The minimum atomic E-state index is -0.574. The van der Waals surface area contributed by atoms with Crippen molar-refractivity contribution in [3.05, 3.63) is 48.3 Å². The monoisotopic (exact) mass is 355 g/mol. The van der Waals surface area contributed by atoms with Gasteiger partial charge in [0.2, 0.25) is 5.91 Å².